The lowest BCUT2D eigenvalue weighted by Crippen LogP contribution is -2.31. The monoisotopic (exact) mass is 520 g/mol. The van der Waals surface area contributed by atoms with Crippen molar-refractivity contribution in [2.45, 2.75) is 11.3 Å². The molecule has 0 aliphatic rings. The van der Waals surface area contributed by atoms with Crippen LogP contribution in [0.2, 0.25) is 5.02 Å². The van der Waals surface area contributed by atoms with Crippen LogP contribution in [0.3, 0.4) is 0 Å². The van der Waals surface area contributed by atoms with Gasteiger partial charge in [-0.1, -0.05) is 181 Å². The molecule has 6 aromatic carbocycles. The van der Waals surface area contributed by atoms with Gasteiger partial charge in [0.25, 0.3) is 0 Å². The summed E-state index contributed by atoms with van der Waals surface area (Å²) in [5.74, 6) is -0.000120. The van der Waals surface area contributed by atoms with E-state index in [1.54, 1.807) is 0 Å². The molecule has 0 aromatic heterocycles. The summed E-state index contributed by atoms with van der Waals surface area (Å²) in [7, 11) is 0. The van der Waals surface area contributed by atoms with Gasteiger partial charge in [-0.05, 0) is 38.9 Å². The van der Waals surface area contributed by atoms with E-state index < -0.39 is 5.41 Å². The Kier molecular flexibility index (Phi) is 7.13. The average molecular weight is 521 g/mol. The Labute approximate surface area is 236 Å². The normalized spacial score (nSPS) is 11.4. The van der Waals surface area contributed by atoms with Crippen LogP contribution < -0.4 is 0 Å². The zero-order valence-corrected chi connectivity index (χ0v) is 22.4. The molecule has 0 spiro atoms. The lowest BCUT2D eigenvalue weighted by atomic mass is 9.64. The van der Waals surface area contributed by atoms with Gasteiger partial charge in [-0.15, -0.1) is 0 Å². The van der Waals surface area contributed by atoms with Gasteiger partial charge in [0.15, 0.2) is 0 Å². The van der Waals surface area contributed by atoms with Gasteiger partial charge in [-0.25, -0.2) is 0 Å². The number of hydrogen-bond acceptors (Lipinski definition) is 0. The molecule has 188 valence electrons. The third-order valence-corrected chi connectivity index (χ3v) is 8.05. The molecule has 0 fully saturated rings. The molecule has 0 radical (unpaired) electrons. The van der Waals surface area contributed by atoms with Gasteiger partial charge in [-0.3, -0.25) is 0 Å². The van der Waals surface area contributed by atoms with Crippen molar-refractivity contribution in [3.8, 4) is 0 Å². The molecule has 0 saturated carbocycles. The first-order valence-electron chi connectivity index (χ1n) is 13.4. The maximum Gasteiger partial charge on any atom is 0.0716 e. The third kappa shape index (κ3) is 4.58. The first kappa shape index (κ1) is 24.9. The SMILES string of the molecule is Clc1c(C(c2ccccc2)c2ccccc2)cccc1C(c1ccccc1)(c1ccccc1)c1ccccc1. The maximum atomic E-state index is 7.64. The van der Waals surface area contributed by atoms with Crippen LogP contribution in [-0.2, 0) is 5.41 Å². The summed E-state index contributed by atoms with van der Waals surface area (Å²) in [6, 6.07) is 60.1. The number of rotatable bonds is 7. The summed E-state index contributed by atoms with van der Waals surface area (Å²) in [6.45, 7) is 0. The van der Waals surface area contributed by atoms with Crippen molar-refractivity contribution < 1.29 is 0 Å². The highest BCUT2D eigenvalue weighted by molar-refractivity contribution is 6.32. The van der Waals surface area contributed by atoms with Crippen LogP contribution in [0.15, 0.2) is 170 Å². The molecule has 0 aliphatic heterocycles. The number of benzene rings is 6. The Hall–Kier alpha value is -4.39. The fraction of sp³-hybridized carbons (Fsp3) is 0.0526. The van der Waals surface area contributed by atoms with Crippen LogP contribution in [0.25, 0.3) is 0 Å². The van der Waals surface area contributed by atoms with Gasteiger partial charge in [-0.2, -0.15) is 0 Å². The van der Waals surface area contributed by atoms with E-state index in [9.17, 15) is 0 Å². The van der Waals surface area contributed by atoms with E-state index in [2.05, 4.69) is 170 Å². The first-order chi connectivity index (χ1) is 19.3. The molecule has 0 nitrogen and oxygen atoms in total. The van der Waals surface area contributed by atoms with Crippen LogP contribution in [-0.4, -0.2) is 0 Å². The molecule has 0 aliphatic carbocycles. The Morgan fingerprint density at radius 2 is 0.744 bits per heavy atom. The molecule has 6 aromatic rings. The second-order valence-corrected chi connectivity index (χ2v) is 10.2. The predicted molar refractivity (Wildman–Crippen MR) is 164 cm³/mol. The summed E-state index contributed by atoms with van der Waals surface area (Å²) in [5, 5.41) is 0.784. The molecule has 0 amide bonds. The lowest BCUT2D eigenvalue weighted by Gasteiger charge is -2.38. The Bertz CT molecular complexity index is 1490. The van der Waals surface area contributed by atoms with Crippen molar-refractivity contribution in [2.75, 3.05) is 0 Å². The zero-order chi connectivity index (χ0) is 26.5. The van der Waals surface area contributed by atoms with Crippen LogP contribution in [0.1, 0.15) is 44.9 Å². The molecule has 0 atom stereocenters. The predicted octanol–water partition coefficient (Wildman–Crippen LogP) is 9.90. The Morgan fingerprint density at radius 1 is 0.385 bits per heavy atom. The molecular weight excluding hydrogens is 492 g/mol. The van der Waals surface area contributed by atoms with Gasteiger partial charge in [0.2, 0.25) is 0 Å². The summed E-state index contributed by atoms with van der Waals surface area (Å²) in [6.07, 6.45) is 0. The highest BCUT2D eigenvalue weighted by Gasteiger charge is 2.40. The standard InChI is InChI=1S/C38H29Cl/c39-37-34(36(29-17-6-1-7-18-29)30-19-8-2-9-20-30)27-16-28-35(37)38(31-21-10-3-11-22-31,32-23-12-4-13-24-32)33-25-14-5-15-26-33/h1-28,36H. The zero-order valence-electron chi connectivity index (χ0n) is 21.6. The van der Waals surface area contributed by atoms with E-state index in [1.165, 1.54) is 27.8 Å². The van der Waals surface area contributed by atoms with Crippen molar-refractivity contribution in [2.24, 2.45) is 0 Å². The van der Waals surface area contributed by atoms with E-state index >= 15 is 0 Å². The fourth-order valence-corrected chi connectivity index (χ4v) is 6.31. The fourth-order valence-electron chi connectivity index (χ4n) is 5.94. The average Bonchev–Trinajstić information content (AvgIpc) is 3.02. The van der Waals surface area contributed by atoms with E-state index in [4.69, 9.17) is 11.6 Å². The van der Waals surface area contributed by atoms with E-state index in [1.807, 2.05) is 0 Å². The minimum Gasteiger partial charge on any atom is -0.0836 e. The summed E-state index contributed by atoms with van der Waals surface area (Å²) in [4.78, 5) is 0. The Balaban J connectivity index is 1.69. The topological polar surface area (TPSA) is 0 Å². The van der Waals surface area contributed by atoms with Crippen molar-refractivity contribution in [1.29, 1.82) is 0 Å². The van der Waals surface area contributed by atoms with Crippen molar-refractivity contribution >= 4 is 11.6 Å². The maximum absolute atomic E-state index is 7.64. The second-order valence-electron chi connectivity index (χ2n) is 9.81. The minimum absolute atomic E-state index is 0.000120. The number of hydrogen-bond donors (Lipinski definition) is 0. The Morgan fingerprint density at radius 3 is 1.13 bits per heavy atom. The second kappa shape index (κ2) is 11.2. The van der Waals surface area contributed by atoms with Gasteiger partial charge < -0.3 is 0 Å². The lowest BCUT2D eigenvalue weighted by molar-refractivity contribution is 0.742. The van der Waals surface area contributed by atoms with E-state index in [0.29, 0.717) is 0 Å². The van der Waals surface area contributed by atoms with Gasteiger partial charge in [0.1, 0.15) is 0 Å². The van der Waals surface area contributed by atoms with Crippen LogP contribution in [0.4, 0.5) is 0 Å². The minimum atomic E-state index is -0.602. The van der Waals surface area contributed by atoms with Crippen LogP contribution >= 0.6 is 11.6 Å². The third-order valence-electron chi connectivity index (χ3n) is 7.63. The smallest absolute Gasteiger partial charge is 0.0716 e. The van der Waals surface area contributed by atoms with Gasteiger partial charge >= 0.3 is 0 Å². The van der Waals surface area contributed by atoms with E-state index in [0.717, 1.165) is 16.1 Å². The summed E-state index contributed by atoms with van der Waals surface area (Å²) >= 11 is 7.64. The largest absolute Gasteiger partial charge is 0.0836 e. The highest BCUT2D eigenvalue weighted by atomic mass is 35.5. The highest BCUT2D eigenvalue weighted by Crippen LogP contribution is 2.49. The van der Waals surface area contributed by atoms with E-state index in [-0.39, 0.29) is 5.92 Å². The molecule has 6 rings (SSSR count). The number of halogens is 1. The van der Waals surface area contributed by atoms with Crippen LogP contribution in [0, 0.1) is 0 Å². The molecule has 0 heterocycles. The molecular formula is C38H29Cl. The van der Waals surface area contributed by atoms with Crippen molar-refractivity contribution in [1.82, 2.24) is 0 Å². The molecule has 0 N–H and O–H groups in total. The summed E-state index contributed by atoms with van der Waals surface area (Å²) in [5.41, 5.74) is 7.53. The molecule has 1 heteroatoms. The van der Waals surface area contributed by atoms with Gasteiger partial charge in [0.05, 0.1) is 5.41 Å². The summed E-state index contributed by atoms with van der Waals surface area (Å²) < 4.78 is 0. The van der Waals surface area contributed by atoms with Crippen LogP contribution in [0.5, 0.6) is 0 Å². The van der Waals surface area contributed by atoms with Crippen molar-refractivity contribution in [3.05, 3.63) is 214 Å². The quantitative estimate of drug-likeness (QED) is 0.184. The molecule has 0 saturated heterocycles. The molecule has 0 unspecified atom stereocenters. The van der Waals surface area contributed by atoms with Gasteiger partial charge in [0, 0.05) is 10.9 Å². The molecule has 0 bridgehead atoms. The van der Waals surface area contributed by atoms with Crippen molar-refractivity contribution in [3.63, 3.8) is 0 Å². The first-order valence-corrected chi connectivity index (χ1v) is 13.7. The molecule has 39 heavy (non-hydrogen) atoms.